The summed E-state index contributed by atoms with van der Waals surface area (Å²) >= 11 is 5.27. The van der Waals surface area contributed by atoms with Gasteiger partial charge in [-0.1, -0.05) is 0 Å². The van der Waals surface area contributed by atoms with E-state index in [2.05, 4.69) is 14.9 Å². The monoisotopic (exact) mass is 340 g/mol. The number of nitrogens with two attached hydrogens (primary N) is 1. The number of primary sulfonamides is 1. The lowest BCUT2D eigenvalue weighted by Gasteiger charge is -2.14. The van der Waals surface area contributed by atoms with Gasteiger partial charge in [0.05, 0.1) is 22.0 Å². The van der Waals surface area contributed by atoms with Crippen molar-refractivity contribution in [3.63, 3.8) is 0 Å². The fraction of sp³-hybridized carbons (Fsp3) is 0.375. The summed E-state index contributed by atoms with van der Waals surface area (Å²) in [6, 6.07) is 0.167. The minimum Gasteiger partial charge on any atom is -0.388 e. The third-order valence-corrected chi connectivity index (χ3v) is 3.15. The summed E-state index contributed by atoms with van der Waals surface area (Å²) in [7, 11) is -4.72. The van der Waals surface area contributed by atoms with Crippen LogP contribution in [0.4, 0.5) is 22.0 Å². The van der Waals surface area contributed by atoms with Crippen LogP contribution in [0, 0.1) is 0 Å². The molecule has 0 unspecified atom stereocenters. The Morgan fingerprint density at radius 3 is 2.30 bits per heavy atom. The highest BCUT2D eigenvalue weighted by molar-refractivity contribution is 7.89. The number of ether oxygens (including phenoxy) is 1. The van der Waals surface area contributed by atoms with Crippen molar-refractivity contribution in [1.29, 1.82) is 0 Å². The predicted molar refractivity (Wildman–Crippen MR) is 56.8 cm³/mol. The van der Waals surface area contributed by atoms with E-state index in [1.165, 1.54) is 0 Å². The van der Waals surface area contributed by atoms with Crippen molar-refractivity contribution >= 4 is 21.6 Å². The van der Waals surface area contributed by atoms with Crippen molar-refractivity contribution in [1.82, 2.24) is 4.98 Å². The molecule has 0 saturated carbocycles. The number of hydrogen-bond acceptors (Lipinski definition) is 4. The second-order valence-corrected chi connectivity index (χ2v) is 5.14. The zero-order valence-corrected chi connectivity index (χ0v) is 10.9. The van der Waals surface area contributed by atoms with Gasteiger partial charge in [0.2, 0.25) is 15.9 Å². The van der Waals surface area contributed by atoms with E-state index in [4.69, 9.17) is 11.6 Å². The van der Waals surface area contributed by atoms with E-state index in [0.29, 0.717) is 0 Å². The van der Waals surface area contributed by atoms with Crippen molar-refractivity contribution in [3.05, 3.63) is 17.3 Å². The molecule has 0 radical (unpaired) electrons. The Kier molecular flexibility index (Phi) is 4.77. The van der Waals surface area contributed by atoms with E-state index in [0.717, 1.165) is 0 Å². The molecule has 20 heavy (non-hydrogen) atoms. The molecule has 0 saturated heterocycles. The summed E-state index contributed by atoms with van der Waals surface area (Å²) in [5.41, 5.74) is -1.93. The van der Waals surface area contributed by atoms with Crippen LogP contribution in [-0.2, 0) is 15.9 Å². The van der Waals surface area contributed by atoms with E-state index in [9.17, 15) is 30.4 Å². The molecule has 0 fully saturated rings. The molecular formula is C8H6ClF5N2O3S. The van der Waals surface area contributed by atoms with Gasteiger partial charge in [-0.3, -0.25) is 0 Å². The Hall–Kier alpha value is -1.20. The lowest BCUT2D eigenvalue weighted by molar-refractivity contribution is -0.276. The van der Waals surface area contributed by atoms with Crippen LogP contribution in [0.25, 0.3) is 0 Å². The Balaban J connectivity index is 3.57. The first-order chi connectivity index (χ1) is 8.95. The van der Waals surface area contributed by atoms with Gasteiger partial charge in [0, 0.05) is 6.07 Å². The molecule has 1 aromatic rings. The van der Waals surface area contributed by atoms with Gasteiger partial charge in [0.1, 0.15) is 0 Å². The number of rotatable bonds is 4. The Morgan fingerprint density at radius 2 is 1.95 bits per heavy atom. The van der Waals surface area contributed by atoms with E-state index < -0.39 is 50.7 Å². The largest absolute Gasteiger partial charge is 0.574 e. The number of hydrogen-bond donors (Lipinski definition) is 1. The summed E-state index contributed by atoms with van der Waals surface area (Å²) in [4.78, 5) is 1.87. The molecular weight excluding hydrogens is 335 g/mol. The maximum absolute atomic E-state index is 12.8. The molecule has 0 aliphatic carbocycles. The number of alkyl halides is 6. The first-order valence-corrected chi connectivity index (χ1v) is 6.70. The maximum atomic E-state index is 12.8. The Labute approximate surface area is 114 Å². The molecule has 0 amide bonds. The summed E-state index contributed by atoms with van der Waals surface area (Å²) in [5, 5.41) is 4.68. The van der Waals surface area contributed by atoms with Crippen LogP contribution in [0.5, 0.6) is 5.88 Å². The molecule has 0 aromatic carbocycles. The second kappa shape index (κ2) is 5.66. The third-order valence-electron chi connectivity index (χ3n) is 1.95. The molecule has 0 aliphatic heterocycles. The highest BCUT2D eigenvalue weighted by atomic mass is 35.5. The Bertz CT molecular complexity index is 605. The fourth-order valence-electron chi connectivity index (χ4n) is 1.30. The number of halogens is 6. The van der Waals surface area contributed by atoms with Crippen molar-refractivity contribution in [2.45, 2.75) is 23.6 Å². The average Bonchev–Trinajstić information content (AvgIpc) is 2.23. The van der Waals surface area contributed by atoms with E-state index in [1.54, 1.807) is 0 Å². The standard InChI is InChI=1S/C8H6ClF5N2O3S/c9-2-3-6(7(10)11)4(20(15,17)18)1-5(16-3)19-8(12,13)14/h1,7H,2H2,(H2,15,17,18). The molecule has 0 aliphatic rings. The van der Waals surface area contributed by atoms with Crippen molar-refractivity contribution in [3.8, 4) is 5.88 Å². The molecule has 1 rings (SSSR count). The molecule has 114 valence electrons. The first kappa shape index (κ1) is 16.9. The average molecular weight is 341 g/mol. The van der Waals surface area contributed by atoms with Crippen LogP contribution >= 0.6 is 11.6 Å². The summed E-state index contributed by atoms with van der Waals surface area (Å²) in [6.45, 7) is 0. The molecule has 0 spiro atoms. The fourth-order valence-corrected chi connectivity index (χ4v) is 2.28. The lowest BCUT2D eigenvalue weighted by Crippen LogP contribution is -2.21. The predicted octanol–water partition coefficient (Wildman–Crippen LogP) is 2.30. The van der Waals surface area contributed by atoms with Crippen molar-refractivity contribution in [2.24, 2.45) is 5.14 Å². The lowest BCUT2D eigenvalue weighted by atomic mass is 10.2. The smallest absolute Gasteiger partial charge is 0.388 e. The molecule has 5 nitrogen and oxygen atoms in total. The summed E-state index contributed by atoms with van der Waals surface area (Å²) in [6.07, 6.45) is -8.53. The summed E-state index contributed by atoms with van der Waals surface area (Å²) in [5.74, 6) is -2.00. The topological polar surface area (TPSA) is 82.3 Å². The normalized spacial score (nSPS) is 12.8. The number of nitrogens with zero attached hydrogens (tertiary/aromatic N) is 1. The Morgan fingerprint density at radius 1 is 1.40 bits per heavy atom. The van der Waals surface area contributed by atoms with Crippen LogP contribution in [0.2, 0.25) is 0 Å². The number of pyridine rings is 1. The van der Waals surface area contributed by atoms with Crippen LogP contribution in [-0.4, -0.2) is 19.8 Å². The molecule has 12 heteroatoms. The van der Waals surface area contributed by atoms with Crippen LogP contribution in [0.1, 0.15) is 17.7 Å². The first-order valence-electron chi connectivity index (χ1n) is 4.62. The van der Waals surface area contributed by atoms with Gasteiger partial charge in [0.25, 0.3) is 6.43 Å². The number of sulfonamides is 1. The van der Waals surface area contributed by atoms with Gasteiger partial charge < -0.3 is 4.74 Å². The zero-order chi connectivity index (χ0) is 15.7. The second-order valence-electron chi connectivity index (χ2n) is 3.35. The van der Waals surface area contributed by atoms with E-state index >= 15 is 0 Å². The minimum absolute atomic E-state index is 0.167. The van der Waals surface area contributed by atoms with Crippen molar-refractivity contribution in [2.75, 3.05) is 0 Å². The van der Waals surface area contributed by atoms with Crippen molar-refractivity contribution < 1.29 is 35.1 Å². The highest BCUT2D eigenvalue weighted by Crippen LogP contribution is 2.33. The van der Waals surface area contributed by atoms with Gasteiger partial charge in [-0.2, -0.15) is 0 Å². The van der Waals surface area contributed by atoms with Gasteiger partial charge in [-0.05, 0) is 0 Å². The van der Waals surface area contributed by atoms with E-state index in [1.807, 2.05) is 0 Å². The van der Waals surface area contributed by atoms with E-state index in [-0.39, 0.29) is 6.07 Å². The van der Waals surface area contributed by atoms with Crippen LogP contribution < -0.4 is 9.88 Å². The van der Waals surface area contributed by atoms with Crippen LogP contribution in [0.15, 0.2) is 11.0 Å². The number of aromatic nitrogens is 1. The summed E-state index contributed by atoms with van der Waals surface area (Å²) < 4.78 is 87.4. The molecule has 1 aromatic heterocycles. The molecule has 2 N–H and O–H groups in total. The molecule has 0 atom stereocenters. The van der Waals surface area contributed by atoms with Gasteiger partial charge >= 0.3 is 6.36 Å². The SMILES string of the molecule is NS(=O)(=O)c1cc(OC(F)(F)F)nc(CCl)c1C(F)F. The maximum Gasteiger partial charge on any atom is 0.574 e. The molecule has 1 heterocycles. The highest BCUT2D eigenvalue weighted by Gasteiger charge is 2.34. The van der Waals surface area contributed by atoms with Gasteiger partial charge in [0.15, 0.2) is 0 Å². The van der Waals surface area contributed by atoms with Gasteiger partial charge in [-0.15, -0.1) is 24.8 Å². The minimum atomic E-state index is -5.18. The van der Waals surface area contributed by atoms with Gasteiger partial charge in [-0.25, -0.2) is 27.3 Å². The quantitative estimate of drug-likeness (QED) is 0.673. The zero-order valence-electron chi connectivity index (χ0n) is 9.29. The van der Waals surface area contributed by atoms with Crippen LogP contribution in [0.3, 0.4) is 0 Å². The molecule has 0 bridgehead atoms. The third kappa shape index (κ3) is 4.15.